The van der Waals surface area contributed by atoms with Crippen LogP contribution in [0.15, 0.2) is 170 Å². The van der Waals surface area contributed by atoms with Gasteiger partial charge in [0.15, 0.2) is 0 Å². The predicted molar refractivity (Wildman–Crippen MR) is 224 cm³/mol. The number of hydrogen-bond donors (Lipinski definition) is 0. The number of fused-ring (bicyclic) bond motifs is 6. The molecule has 9 aromatic rings. The average Bonchev–Trinajstić information content (AvgIpc) is 3.15. The Bertz CT molecular complexity index is 2490. The first-order valence-corrected chi connectivity index (χ1v) is 18.3. The van der Waals surface area contributed by atoms with E-state index in [0.29, 0.717) is 0 Å². The molecule has 9 aromatic carbocycles. The monoisotopic (exact) mass is 834 g/mol. The lowest BCUT2D eigenvalue weighted by molar-refractivity contribution is 1.60. The van der Waals surface area contributed by atoms with Gasteiger partial charge in [0, 0.05) is 18.3 Å². The molecule has 226 valence electrons. The summed E-state index contributed by atoms with van der Waals surface area (Å²) in [4.78, 5) is 0. The van der Waals surface area contributed by atoms with Crippen LogP contribution in [0.3, 0.4) is 0 Å². The van der Waals surface area contributed by atoms with Crippen LogP contribution < -0.4 is 0 Å². The maximum Gasteiger partial charge on any atom is 0.0293 e. The molecule has 48 heavy (non-hydrogen) atoms. The average molecular weight is 835 g/mol. The van der Waals surface area contributed by atoms with Crippen molar-refractivity contribution in [1.82, 2.24) is 0 Å². The molecule has 0 aromatic heterocycles. The molecule has 0 atom stereocenters. The van der Waals surface area contributed by atoms with Crippen molar-refractivity contribution in [3.05, 3.63) is 177 Å². The van der Waals surface area contributed by atoms with E-state index in [0.717, 1.165) is 0 Å². The van der Waals surface area contributed by atoms with Gasteiger partial charge in [-0.15, -0.1) is 0 Å². The Morgan fingerprint density at radius 3 is 1.02 bits per heavy atom. The van der Waals surface area contributed by atoms with Crippen molar-refractivity contribution in [2.45, 2.75) is 0 Å². The third-order valence-electron chi connectivity index (χ3n) is 9.58. The summed E-state index contributed by atoms with van der Waals surface area (Å²) in [6.07, 6.45) is 0. The zero-order valence-corrected chi connectivity index (χ0v) is 30.2. The number of halogens is 2. The van der Waals surface area contributed by atoms with Crippen LogP contribution in [-0.2, 0) is 0 Å². The number of hydrogen-bond acceptors (Lipinski definition) is 0. The molecule has 0 heterocycles. The molecule has 2 heteroatoms. The van der Waals surface area contributed by atoms with Crippen LogP contribution in [-0.4, -0.2) is 0 Å². The highest BCUT2D eigenvalue weighted by Gasteiger charge is 2.19. The van der Waals surface area contributed by atoms with Gasteiger partial charge in [-0.25, -0.2) is 0 Å². The molecule has 0 N–H and O–H groups in total. The molecule has 0 aliphatic heterocycles. The molecule has 9 rings (SSSR count). The van der Waals surface area contributed by atoms with Crippen LogP contribution in [0, 0.1) is 7.14 Å². The minimum Gasteiger partial charge on any atom is -0.0622 e. The van der Waals surface area contributed by atoms with Crippen molar-refractivity contribution in [1.29, 1.82) is 0 Å². The highest BCUT2D eigenvalue weighted by molar-refractivity contribution is 14.1. The van der Waals surface area contributed by atoms with Gasteiger partial charge in [-0.3, -0.25) is 0 Å². The van der Waals surface area contributed by atoms with E-state index in [-0.39, 0.29) is 0 Å². The van der Waals surface area contributed by atoms with E-state index < -0.39 is 0 Å². The predicted octanol–water partition coefficient (Wildman–Crippen LogP) is 14.2. The van der Waals surface area contributed by atoms with Crippen LogP contribution >= 0.6 is 45.2 Å². The molecule has 0 radical (unpaired) electrons. The van der Waals surface area contributed by atoms with Crippen molar-refractivity contribution in [3.63, 3.8) is 0 Å². The second-order valence-corrected chi connectivity index (χ2v) is 14.5. The fourth-order valence-electron chi connectivity index (χ4n) is 7.31. The summed E-state index contributed by atoms with van der Waals surface area (Å²) in [7, 11) is 0. The van der Waals surface area contributed by atoms with Gasteiger partial charge in [0.25, 0.3) is 0 Å². The van der Waals surface area contributed by atoms with Crippen LogP contribution in [0.1, 0.15) is 0 Å². The minimum atomic E-state index is 1.23. The van der Waals surface area contributed by atoms with Crippen LogP contribution in [0.4, 0.5) is 0 Å². The fourth-order valence-corrected chi connectivity index (χ4v) is 9.46. The topological polar surface area (TPSA) is 0 Å². The molecule has 0 spiro atoms. The standard InChI is InChI=1S/C46H28I2/c47-45-39-20-9-7-18-35(39)37-24-22-31(29-12-3-1-4-13-29)27-41(37)43(45)33-16-11-17-34(26-33)44-42-28-32(30-14-5-2-6-15-30)23-25-38(42)36-19-8-10-21-40(36)46(44)48/h1-28H. The summed E-state index contributed by atoms with van der Waals surface area (Å²) < 4.78 is 2.56. The Kier molecular flexibility index (Phi) is 7.51. The highest BCUT2D eigenvalue weighted by atomic mass is 127. The van der Waals surface area contributed by atoms with Crippen molar-refractivity contribution >= 4 is 88.3 Å². The molecule has 0 aliphatic rings. The second-order valence-electron chi connectivity index (χ2n) is 12.3. The number of benzene rings is 9. The molecular formula is C46H28I2. The van der Waals surface area contributed by atoms with Gasteiger partial charge in [-0.05, 0) is 140 Å². The second kappa shape index (κ2) is 12.2. The minimum absolute atomic E-state index is 1.23. The molecule has 0 bridgehead atoms. The van der Waals surface area contributed by atoms with E-state index in [9.17, 15) is 0 Å². The van der Waals surface area contributed by atoms with Crippen LogP contribution in [0.5, 0.6) is 0 Å². The van der Waals surface area contributed by atoms with E-state index in [4.69, 9.17) is 0 Å². The van der Waals surface area contributed by atoms with Gasteiger partial charge in [0.1, 0.15) is 0 Å². The molecular weight excluding hydrogens is 806 g/mol. The fraction of sp³-hybridized carbons (Fsp3) is 0. The maximum atomic E-state index is 2.58. The highest BCUT2D eigenvalue weighted by Crippen LogP contribution is 2.45. The first-order valence-electron chi connectivity index (χ1n) is 16.2. The summed E-state index contributed by atoms with van der Waals surface area (Å²) in [5, 5.41) is 10.3. The summed E-state index contributed by atoms with van der Waals surface area (Å²) in [5.74, 6) is 0. The summed E-state index contributed by atoms with van der Waals surface area (Å²) in [5.41, 5.74) is 9.96. The molecule has 0 saturated heterocycles. The lowest BCUT2D eigenvalue weighted by Gasteiger charge is -2.18. The molecule has 0 unspecified atom stereocenters. The van der Waals surface area contributed by atoms with Gasteiger partial charge in [0.2, 0.25) is 0 Å². The first kappa shape index (κ1) is 29.6. The van der Waals surface area contributed by atoms with Crippen LogP contribution in [0.2, 0.25) is 0 Å². The van der Waals surface area contributed by atoms with Gasteiger partial charge in [-0.1, -0.05) is 152 Å². The Labute approximate surface area is 307 Å². The Hall–Kier alpha value is -4.52. The van der Waals surface area contributed by atoms with E-state index in [1.165, 1.54) is 94.7 Å². The first-order chi connectivity index (χ1) is 23.7. The van der Waals surface area contributed by atoms with Gasteiger partial charge < -0.3 is 0 Å². The zero-order chi connectivity index (χ0) is 32.2. The molecule has 0 amide bonds. The van der Waals surface area contributed by atoms with E-state index in [1.807, 2.05) is 0 Å². The van der Waals surface area contributed by atoms with Crippen molar-refractivity contribution in [2.75, 3.05) is 0 Å². The van der Waals surface area contributed by atoms with Crippen molar-refractivity contribution < 1.29 is 0 Å². The normalized spacial score (nSPS) is 11.5. The molecule has 0 nitrogen and oxygen atoms in total. The lowest BCUT2D eigenvalue weighted by Crippen LogP contribution is -1.93. The lowest BCUT2D eigenvalue weighted by atomic mass is 9.88. The van der Waals surface area contributed by atoms with Gasteiger partial charge in [0.05, 0.1) is 0 Å². The SMILES string of the molecule is Ic1c(-c2cccc(-c3c(I)c4ccccc4c4ccc(-c5ccccc5)cc34)c2)c2cc(-c3ccccc3)ccc2c2ccccc12. The van der Waals surface area contributed by atoms with E-state index in [2.05, 4.69) is 215 Å². The zero-order valence-electron chi connectivity index (χ0n) is 25.9. The van der Waals surface area contributed by atoms with E-state index >= 15 is 0 Å². The van der Waals surface area contributed by atoms with Gasteiger partial charge in [-0.2, -0.15) is 0 Å². The number of rotatable bonds is 4. The Balaban J connectivity index is 1.33. The summed E-state index contributed by atoms with van der Waals surface area (Å²) in [6.45, 7) is 0. The van der Waals surface area contributed by atoms with E-state index in [1.54, 1.807) is 0 Å². The van der Waals surface area contributed by atoms with Crippen molar-refractivity contribution in [3.8, 4) is 44.5 Å². The van der Waals surface area contributed by atoms with Crippen LogP contribution in [0.25, 0.3) is 87.6 Å². The Morgan fingerprint density at radius 1 is 0.229 bits per heavy atom. The third kappa shape index (κ3) is 4.92. The smallest absolute Gasteiger partial charge is 0.0293 e. The Morgan fingerprint density at radius 2 is 0.583 bits per heavy atom. The van der Waals surface area contributed by atoms with Crippen molar-refractivity contribution in [2.24, 2.45) is 0 Å². The molecule has 0 aliphatic carbocycles. The summed E-state index contributed by atoms with van der Waals surface area (Å²) >= 11 is 5.17. The summed E-state index contributed by atoms with van der Waals surface area (Å²) in [6, 6.07) is 62.3. The molecule has 0 fully saturated rings. The maximum absolute atomic E-state index is 2.58. The molecule has 0 saturated carbocycles. The van der Waals surface area contributed by atoms with Gasteiger partial charge >= 0.3 is 0 Å². The largest absolute Gasteiger partial charge is 0.0622 e. The third-order valence-corrected chi connectivity index (χ3v) is 11.8. The quantitative estimate of drug-likeness (QED) is 0.122.